The van der Waals surface area contributed by atoms with Crippen molar-refractivity contribution in [2.75, 3.05) is 26.2 Å². The molecule has 0 radical (unpaired) electrons. The molecule has 0 aromatic carbocycles. The molecule has 0 aromatic heterocycles. The normalized spacial score (nSPS) is 31.5. The van der Waals surface area contributed by atoms with Crippen LogP contribution >= 0.6 is 0 Å². The van der Waals surface area contributed by atoms with Crippen LogP contribution in [-0.4, -0.2) is 43.2 Å². The monoisotopic (exact) mass is 197 g/mol. The molecule has 4 nitrogen and oxygen atoms in total. The highest BCUT2D eigenvalue weighted by Gasteiger charge is 2.25. The minimum Gasteiger partial charge on any atom is -0.336 e. The van der Waals surface area contributed by atoms with Crippen LogP contribution in [0.3, 0.4) is 0 Å². The highest BCUT2D eigenvalue weighted by molar-refractivity contribution is 5.76. The maximum absolute atomic E-state index is 11.2. The van der Waals surface area contributed by atoms with Crippen molar-refractivity contribution < 1.29 is 4.79 Å². The van der Waals surface area contributed by atoms with Gasteiger partial charge in [-0.2, -0.15) is 0 Å². The lowest BCUT2D eigenvalue weighted by atomic mass is 9.82. The molecule has 2 aliphatic rings. The second-order valence-electron chi connectivity index (χ2n) is 4.45. The van der Waals surface area contributed by atoms with Crippen molar-refractivity contribution >= 4 is 6.03 Å². The van der Waals surface area contributed by atoms with Gasteiger partial charge in [0.05, 0.1) is 0 Å². The van der Waals surface area contributed by atoms with Gasteiger partial charge in [-0.05, 0) is 18.8 Å². The Balaban J connectivity index is 1.56. The lowest BCUT2D eigenvalue weighted by Gasteiger charge is -2.33. The summed E-state index contributed by atoms with van der Waals surface area (Å²) in [6, 6.07) is 0.796. The first-order chi connectivity index (χ1) is 6.75. The van der Waals surface area contributed by atoms with E-state index in [9.17, 15) is 4.79 Å². The number of rotatable bonds is 4. The summed E-state index contributed by atoms with van der Waals surface area (Å²) in [5, 5.41) is 6.28. The predicted octanol–water partition coefficient (Wildman–Crippen LogP) is 0.400. The Labute approximate surface area is 85.0 Å². The predicted molar refractivity (Wildman–Crippen MR) is 55.2 cm³/mol. The molecule has 1 aliphatic carbocycles. The van der Waals surface area contributed by atoms with Gasteiger partial charge in [0, 0.05) is 32.2 Å². The van der Waals surface area contributed by atoms with E-state index in [-0.39, 0.29) is 6.03 Å². The van der Waals surface area contributed by atoms with E-state index in [2.05, 4.69) is 17.6 Å². The van der Waals surface area contributed by atoms with Crippen molar-refractivity contribution in [3.8, 4) is 0 Å². The SMILES string of the molecule is CC1CC(NCCN2CCNC2=O)C1. The second kappa shape index (κ2) is 4.17. The quantitative estimate of drug-likeness (QED) is 0.685. The van der Waals surface area contributed by atoms with Crippen LogP contribution in [0.25, 0.3) is 0 Å². The molecule has 0 spiro atoms. The van der Waals surface area contributed by atoms with Crippen molar-refractivity contribution in [3.05, 3.63) is 0 Å². The number of carbonyl (C=O) groups excluding carboxylic acids is 1. The fourth-order valence-corrected chi connectivity index (χ4v) is 2.20. The van der Waals surface area contributed by atoms with Gasteiger partial charge in [0.15, 0.2) is 0 Å². The van der Waals surface area contributed by atoms with Gasteiger partial charge >= 0.3 is 6.03 Å². The van der Waals surface area contributed by atoms with Crippen LogP contribution in [0, 0.1) is 5.92 Å². The zero-order valence-electron chi connectivity index (χ0n) is 8.75. The van der Waals surface area contributed by atoms with E-state index < -0.39 is 0 Å². The van der Waals surface area contributed by atoms with E-state index in [1.807, 2.05) is 4.90 Å². The van der Waals surface area contributed by atoms with Crippen molar-refractivity contribution in [1.82, 2.24) is 15.5 Å². The zero-order valence-corrected chi connectivity index (χ0v) is 8.75. The minimum atomic E-state index is 0.0915. The Bertz CT molecular complexity index is 213. The van der Waals surface area contributed by atoms with Crippen LogP contribution < -0.4 is 10.6 Å². The average Bonchev–Trinajstić information content (AvgIpc) is 2.49. The molecule has 0 aromatic rings. The van der Waals surface area contributed by atoms with Crippen molar-refractivity contribution in [2.45, 2.75) is 25.8 Å². The second-order valence-corrected chi connectivity index (χ2v) is 4.45. The molecule has 2 N–H and O–H groups in total. The molecule has 0 bridgehead atoms. The molecule has 1 saturated heterocycles. The minimum absolute atomic E-state index is 0.0915. The van der Waals surface area contributed by atoms with E-state index >= 15 is 0 Å². The highest BCUT2D eigenvalue weighted by atomic mass is 16.2. The average molecular weight is 197 g/mol. The molecule has 2 amide bonds. The van der Waals surface area contributed by atoms with Gasteiger partial charge in [0.1, 0.15) is 0 Å². The van der Waals surface area contributed by atoms with Gasteiger partial charge in [0.25, 0.3) is 0 Å². The standard InChI is InChI=1S/C10H19N3O/c1-8-6-9(7-8)11-2-4-13-5-3-12-10(13)14/h8-9,11H,2-7H2,1H3,(H,12,14). The number of hydrogen-bond donors (Lipinski definition) is 2. The first-order valence-electron chi connectivity index (χ1n) is 5.52. The third-order valence-corrected chi connectivity index (χ3v) is 3.13. The molecule has 1 saturated carbocycles. The molecule has 80 valence electrons. The van der Waals surface area contributed by atoms with Crippen LogP contribution in [0.1, 0.15) is 19.8 Å². The largest absolute Gasteiger partial charge is 0.336 e. The van der Waals surface area contributed by atoms with Gasteiger partial charge in [-0.25, -0.2) is 4.79 Å². The van der Waals surface area contributed by atoms with Gasteiger partial charge in [0.2, 0.25) is 0 Å². The summed E-state index contributed by atoms with van der Waals surface area (Å²) in [7, 11) is 0. The number of nitrogens with zero attached hydrogens (tertiary/aromatic N) is 1. The Morgan fingerprint density at radius 3 is 2.93 bits per heavy atom. The van der Waals surface area contributed by atoms with Crippen LogP contribution in [0.5, 0.6) is 0 Å². The van der Waals surface area contributed by atoms with Crippen molar-refractivity contribution in [1.29, 1.82) is 0 Å². The number of carbonyl (C=O) groups is 1. The maximum Gasteiger partial charge on any atom is 0.317 e. The van der Waals surface area contributed by atoms with Gasteiger partial charge < -0.3 is 15.5 Å². The number of amides is 2. The molecule has 1 aliphatic heterocycles. The van der Waals surface area contributed by atoms with Gasteiger partial charge in [-0.15, -0.1) is 0 Å². The van der Waals surface area contributed by atoms with E-state index in [0.717, 1.165) is 32.1 Å². The number of hydrogen-bond acceptors (Lipinski definition) is 2. The summed E-state index contributed by atoms with van der Waals surface area (Å²) < 4.78 is 0. The summed E-state index contributed by atoms with van der Waals surface area (Å²) >= 11 is 0. The first kappa shape index (κ1) is 9.77. The van der Waals surface area contributed by atoms with E-state index in [1.165, 1.54) is 12.8 Å². The van der Waals surface area contributed by atoms with Crippen LogP contribution in [0.15, 0.2) is 0 Å². The molecular weight excluding hydrogens is 178 g/mol. The van der Waals surface area contributed by atoms with Crippen molar-refractivity contribution in [2.24, 2.45) is 5.92 Å². The summed E-state index contributed by atoms with van der Waals surface area (Å²) in [6.45, 7) is 5.73. The number of nitrogens with one attached hydrogen (secondary N) is 2. The summed E-state index contributed by atoms with van der Waals surface area (Å²) in [4.78, 5) is 13.0. The zero-order chi connectivity index (χ0) is 9.97. The molecule has 1 heterocycles. The van der Waals surface area contributed by atoms with Crippen LogP contribution in [0.2, 0.25) is 0 Å². The molecule has 2 rings (SSSR count). The Morgan fingerprint density at radius 1 is 1.57 bits per heavy atom. The van der Waals surface area contributed by atoms with E-state index in [0.29, 0.717) is 6.04 Å². The van der Waals surface area contributed by atoms with Gasteiger partial charge in [-0.1, -0.05) is 6.92 Å². The lowest BCUT2D eigenvalue weighted by molar-refractivity contribution is 0.209. The first-order valence-corrected chi connectivity index (χ1v) is 5.52. The molecular formula is C10H19N3O. The topological polar surface area (TPSA) is 44.4 Å². The van der Waals surface area contributed by atoms with Gasteiger partial charge in [-0.3, -0.25) is 0 Å². The Morgan fingerprint density at radius 2 is 2.36 bits per heavy atom. The van der Waals surface area contributed by atoms with E-state index in [4.69, 9.17) is 0 Å². The summed E-state index contributed by atoms with van der Waals surface area (Å²) in [5.41, 5.74) is 0. The van der Waals surface area contributed by atoms with Crippen molar-refractivity contribution in [3.63, 3.8) is 0 Å². The molecule has 0 unspecified atom stereocenters. The van der Waals surface area contributed by atoms with E-state index in [1.54, 1.807) is 0 Å². The lowest BCUT2D eigenvalue weighted by Crippen LogP contribution is -2.44. The highest BCUT2D eigenvalue weighted by Crippen LogP contribution is 2.25. The Kier molecular flexibility index (Phi) is 2.91. The van der Waals surface area contributed by atoms with Crippen LogP contribution in [-0.2, 0) is 0 Å². The summed E-state index contributed by atoms with van der Waals surface area (Å²) in [5.74, 6) is 0.891. The van der Waals surface area contributed by atoms with Crippen LogP contribution in [0.4, 0.5) is 4.79 Å². The fourth-order valence-electron chi connectivity index (χ4n) is 2.20. The molecule has 0 atom stereocenters. The number of urea groups is 1. The summed E-state index contributed by atoms with van der Waals surface area (Å²) in [6.07, 6.45) is 2.60. The third kappa shape index (κ3) is 2.18. The third-order valence-electron chi connectivity index (χ3n) is 3.13. The Hall–Kier alpha value is -0.770. The smallest absolute Gasteiger partial charge is 0.317 e. The molecule has 4 heteroatoms. The maximum atomic E-state index is 11.2. The fraction of sp³-hybridized carbons (Fsp3) is 0.900. The molecule has 2 fully saturated rings. The molecule has 14 heavy (non-hydrogen) atoms.